The van der Waals surface area contributed by atoms with E-state index in [2.05, 4.69) is 0 Å². The highest BCUT2D eigenvalue weighted by atomic mass is 32.2. The Labute approximate surface area is 283 Å². The topological polar surface area (TPSA) is 86.7 Å². The van der Waals surface area contributed by atoms with Crippen LogP contribution in [0, 0.1) is 25.5 Å². The first kappa shape index (κ1) is 32.2. The summed E-state index contributed by atoms with van der Waals surface area (Å²) in [5, 5.41) is 0. The molecule has 0 amide bonds. The zero-order valence-electron chi connectivity index (χ0n) is 26.2. The van der Waals surface area contributed by atoms with E-state index in [0.717, 1.165) is 11.1 Å². The fourth-order valence-corrected chi connectivity index (χ4v) is 8.29. The smallest absolute Gasteiger partial charge is 0.339 e. The van der Waals surface area contributed by atoms with Crippen molar-refractivity contribution < 1.29 is 34.0 Å². The first-order valence-corrected chi connectivity index (χ1v) is 18.0. The average molecular weight is 695 g/mol. The SMILES string of the molecule is Cc1ccc(S(=O)(=O)Oc2cccc(C3(c4cccc(OS(=O)(=O)c5ccc(C)cc5)c4F)c4ccccc4-c4ccccc43)c2F)cc1. The van der Waals surface area contributed by atoms with E-state index in [0.29, 0.717) is 22.3 Å². The van der Waals surface area contributed by atoms with Gasteiger partial charge in [-0.2, -0.15) is 16.8 Å². The lowest BCUT2D eigenvalue weighted by atomic mass is 9.67. The Morgan fingerprint density at radius 3 is 1.18 bits per heavy atom. The summed E-state index contributed by atoms with van der Waals surface area (Å²) in [6.07, 6.45) is 0. The maximum Gasteiger partial charge on any atom is 0.339 e. The molecule has 10 heteroatoms. The minimum absolute atomic E-state index is 0.112. The largest absolute Gasteiger partial charge is 0.376 e. The van der Waals surface area contributed by atoms with Gasteiger partial charge in [-0.05, 0) is 72.5 Å². The van der Waals surface area contributed by atoms with Crippen LogP contribution in [0.25, 0.3) is 11.1 Å². The molecule has 6 aromatic rings. The Morgan fingerprint density at radius 2 is 0.796 bits per heavy atom. The molecular formula is C39H28F2O6S2. The van der Waals surface area contributed by atoms with Gasteiger partial charge in [0.15, 0.2) is 23.1 Å². The van der Waals surface area contributed by atoms with E-state index >= 15 is 8.78 Å². The lowest BCUT2D eigenvalue weighted by Crippen LogP contribution is -2.31. The molecule has 0 radical (unpaired) electrons. The van der Waals surface area contributed by atoms with Crippen LogP contribution in [0.5, 0.6) is 11.5 Å². The van der Waals surface area contributed by atoms with Gasteiger partial charge < -0.3 is 8.37 Å². The summed E-state index contributed by atoms with van der Waals surface area (Å²) in [7, 11) is -8.93. The van der Waals surface area contributed by atoms with Crippen molar-refractivity contribution in [1.82, 2.24) is 0 Å². The normalized spacial score (nSPS) is 13.4. The van der Waals surface area contributed by atoms with Crippen LogP contribution >= 0.6 is 0 Å². The van der Waals surface area contributed by atoms with Crippen LogP contribution in [0.1, 0.15) is 33.4 Å². The predicted octanol–water partition coefficient (Wildman–Crippen LogP) is 8.48. The molecule has 0 atom stereocenters. The Morgan fingerprint density at radius 1 is 0.449 bits per heavy atom. The average Bonchev–Trinajstić information content (AvgIpc) is 3.38. The molecule has 0 fully saturated rings. The maximum atomic E-state index is 17.1. The van der Waals surface area contributed by atoms with Crippen LogP contribution in [0.4, 0.5) is 8.78 Å². The first-order valence-electron chi connectivity index (χ1n) is 15.2. The van der Waals surface area contributed by atoms with Gasteiger partial charge in [0.25, 0.3) is 0 Å². The molecule has 0 bridgehead atoms. The third kappa shape index (κ3) is 5.37. The van der Waals surface area contributed by atoms with E-state index < -0.39 is 48.8 Å². The zero-order valence-corrected chi connectivity index (χ0v) is 27.9. The summed E-state index contributed by atoms with van der Waals surface area (Å²) >= 11 is 0. The number of hydrogen-bond acceptors (Lipinski definition) is 6. The van der Waals surface area contributed by atoms with Gasteiger partial charge in [0.05, 0.1) is 5.41 Å². The predicted molar refractivity (Wildman–Crippen MR) is 182 cm³/mol. The molecule has 49 heavy (non-hydrogen) atoms. The molecule has 0 N–H and O–H groups in total. The second-order valence-electron chi connectivity index (χ2n) is 11.8. The Kier molecular flexibility index (Phi) is 7.88. The molecule has 6 aromatic carbocycles. The third-order valence-electron chi connectivity index (χ3n) is 8.71. The van der Waals surface area contributed by atoms with Gasteiger partial charge >= 0.3 is 20.2 Å². The Hall–Kier alpha value is -5.32. The third-order valence-corrected chi connectivity index (χ3v) is 11.2. The molecule has 0 unspecified atom stereocenters. The molecule has 246 valence electrons. The van der Waals surface area contributed by atoms with Gasteiger partial charge in [-0.3, -0.25) is 0 Å². The van der Waals surface area contributed by atoms with E-state index in [1.165, 1.54) is 60.7 Å². The van der Waals surface area contributed by atoms with Crippen molar-refractivity contribution in [3.63, 3.8) is 0 Å². The highest BCUT2D eigenvalue weighted by Gasteiger charge is 2.50. The van der Waals surface area contributed by atoms with E-state index in [-0.39, 0.29) is 20.9 Å². The second-order valence-corrected chi connectivity index (χ2v) is 14.9. The lowest BCUT2D eigenvalue weighted by Gasteiger charge is -2.34. The van der Waals surface area contributed by atoms with Gasteiger partial charge in [-0.15, -0.1) is 0 Å². The van der Waals surface area contributed by atoms with E-state index in [1.807, 2.05) is 12.1 Å². The van der Waals surface area contributed by atoms with E-state index in [1.54, 1.807) is 74.5 Å². The number of benzene rings is 6. The van der Waals surface area contributed by atoms with Gasteiger partial charge in [0.2, 0.25) is 0 Å². The lowest BCUT2D eigenvalue weighted by molar-refractivity contribution is 0.448. The van der Waals surface area contributed by atoms with Crippen LogP contribution in [0.3, 0.4) is 0 Å². The summed E-state index contributed by atoms with van der Waals surface area (Å²) in [6, 6.07) is 34.2. The molecule has 0 saturated carbocycles. The van der Waals surface area contributed by atoms with Gasteiger partial charge in [-0.25, -0.2) is 8.78 Å². The highest BCUT2D eigenvalue weighted by Crippen LogP contribution is 2.58. The van der Waals surface area contributed by atoms with E-state index in [9.17, 15) is 16.8 Å². The van der Waals surface area contributed by atoms with Crippen LogP contribution in [-0.2, 0) is 25.7 Å². The van der Waals surface area contributed by atoms with E-state index in [4.69, 9.17) is 8.37 Å². The maximum absolute atomic E-state index is 17.1. The van der Waals surface area contributed by atoms with Crippen molar-refractivity contribution in [3.05, 3.63) is 178 Å². The molecule has 1 aliphatic rings. The summed E-state index contributed by atoms with van der Waals surface area (Å²) < 4.78 is 98.1. The Balaban J connectivity index is 1.46. The number of halogens is 2. The molecule has 0 spiro atoms. The van der Waals surface area contributed by atoms with Gasteiger partial charge in [0, 0.05) is 11.1 Å². The van der Waals surface area contributed by atoms with Crippen LogP contribution < -0.4 is 8.37 Å². The monoisotopic (exact) mass is 694 g/mol. The summed E-state index contributed by atoms with van der Waals surface area (Å²) in [6.45, 7) is 3.60. The summed E-state index contributed by atoms with van der Waals surface area (Å²) in [4.78, 5) is -0.334. The van der Waals surface area contributed by atoms with Crippen LogP contribution in [-0.4, -0.2) is 16.8 Å². The zero-order chi connectivity index (χ0) is 34.6. The number of hydrogen-bond donors (Lipinski definition) is 0. The van der Waals surface area contributed by atoms with Crippen molar-refractivity contribution in [2.24, 2.45) is 0 Å². The van der Waals surface area contributed by atoms with Crippen LogP contribution in [0.2, 0.25) is 0 Å². The van der Waals surface area contributed by atoms with Crippen LogP contribution in [0.15, 0.2) is 143 Å². The van der Waals surface area contributed by atoms with Crippen molar-refractivity contribution in [2.45, 2.75) is 29.1 Å². The van der Waals surface area contributed by atoms with Crippen molar-refractivity contribution in [2.75, 3.05) is 0 Å². The molecule has 1 aliphatic carbocycles. The number of rotatable bonds is 8. The first-order chi connectivity index (χ1) is 23.4. The minimum Gasteiger partial charge on any atom is -0.376 e. The fourth-order valence-electron chi connectivity index (χ4n) is 6.43. The van der Waals surface area contributed by atoms with Crippen molar-refractivity contribution in [1.29, 1.82) is 0 Å². The molecule has 6 nitrogen and oxygen atoms in total. The molecule has 7 rings (SSSR count). The van der Waals surface area contributed by atoms with Crippen molar-refractivity contribution >= 4 is 20.2 Å². The number of fused-ring (bicyclic) bond motifs is 3. The molecule has 0 saturated heterocycles. The second kappa shape index (κ2) is 12.0. The standard InChI is InChI=1S/C39H28F2O6S2/c1-25-17-21-27(22-18-25)48(42,43)46-35-15-7-13-33(37(35)40)39(31-11-5-3-9-29(31)30-10-4-6-12-32(30)39)34-14-8-16-36(38(34)41)47-49(44,45)28-23-19-26(2)20-24-28/h3-24H,1-2H3. The quantitative estimate of drug-likeness (QED) is 0.148. The molecule has 0 aliphatic heterocycles. The fraction of sp³-hybridized carbons (Fsp3) is 0.0769. The van der Waals surface area contributed by atoms with Gasteiger partial charge in [0.1, 0.15) is 9.79 Å². The summed E-state index contributed by atoms with van der Waals surface area (Å²) in [5.74, 6) is -3.26. The molecule has 0 aromatic heterocycles. The van der Waals surface area contributed by atoms with Gasteiger partial charge in [-0.1, -0.05) is 108 Å². The Bertz CT molecular complexity index is 2290. The highest BCUT2D eigenvalue weighted by molar-refractivity contribution is 7.87. The minimum atomic E-state index is -4.46. The number of aryl methyl sites for hydroxylation is 2. The summed E-state index contributed by atoms with van der Waals surface area (Å²) in [5.41, 5.74) is 2.06. The molecular weight excluding hydrogens is 667 g/mol. The molecule has 0 heterocycles. The van der Waals surface area contributed by atoms with Crippen molar-refractivity contribution in [3.8, 4) is 22.6 Å².